The minimum Gasteiger partial charge on any atom is -0.346 e. The molecule has 0 fully saturated rings. The predicted molar refractivity (Wildman–Crippen MR) is 147 cm³/mol. The molecule has 8 nitrogen and oxygen atoms in total. The molecule has 0 aliphatic heterocycles. The molecule has 3 aromatic heterocycles. The predicted octanol–water partition coefficient (Wildman–Crippen LogP) is 6.70. The van der Waals surface area contributed by atoms with E-state index >= 15 is 0 Å². The lowest BCUT2D eigenvalue weighted by Crippen LogP contribution is -2.38. The Morgan fingerprint density at radius 1 is 1.00 bits per heavy atom. The molecule has 0 saturated carbocycles. The van der Waals surface area contributed by atoms with Gasteiger partial charge in [-0.2, -0.15) is 23.5 Å². The Kier molecular flexibility index (Phi) is 6.43. The van der Waals surface area contributed by atoms with E-state index < -0.39 is 18.1 Å². The number of benzene rings is 3. The minimum absolute atomic E-state index is 0.0141. The van der Waals surface area contributed by atoms with Gasteiger partial charge in [0, 0.05) is 34.7 Å². The zero-order chi connectivity index (χ0) is 28.6. The molecule has 202 valence electrons. The maximum Gasteiger partial charge on any atom is 0.472 e. The molecule has 11 heteroatoms. The smallest absolute Gasteiger partial charge is 0.346 e. The summed E-state index contributed by atoms with van der Waals surface area (Å²) >= 11 is 0. The highest BCUT2D eigenvalue weighted by Crippen LogP contribution is 2.35. The van der Waals surface area contributed by atoms with E-state index in [0.29, 0.717) is 32.8 Å². The normalized spacial score (nSPS) is 12.3. The van der Waals surface area contributed by atoms with Crippen molar-refractivity contribution in [2.75, 3.05) is 4.90 Å². The van der Waals surface area contributed by atoms with Crippen molar-refractivity contribution in [3.63, 3.8) is 0 Å². The summed E-state index contributed by atoms with van der Waals surface area (Å²) in [6.45, 7) is 0. The van der Waals surface area contributed by atoms with Gasteiger partial charge < -0.3 is 4.98 Å². The third kappa shape index (κ3) is 4.87. The van der Waals surface area contributed by atoms with Crippen LogP contribution in [-0.2, 0) is 4.79 Å². The average Bonchev–Trinajstić information content (AvgIpc) is 3.66. The topological polar surface area (TPSA) is 103 Å². The zero-order valence-corrected chi connectivity index (χ0v) is 21.2. The number of fused-ring (bicyclic) bond motifs is 2. The Morgan fingerprint density at radius 3 is 2.61 bits per heavy atom. The molecule has 41 heavy (non-hydrogen) atoms. The molecule has 1 N–H and O–H groups in total. The van der Waals surface area contributed by atoms with Gasteiger partial charge in [-0.25, -0.2) is 9.97 Å². The molecule has 1 amide bonds. The van der Waals surface area contributed by atoms with Crippen LogP contribution in [0.1, 0.15) is 18.0 Å². The number of hydrogen-bond acceptors (Lipinski definition) is 5. The molecule has 0 radical (unpaired) electrons. The summed E-state index contributed by atoms with van der Waals surface area (Å²) < 4.78 is 43.0. The number of rotatable bonds is 6. The van der Waals surface area contributed by atoms with Crippen molar-refractivity contribution in [2.45, 2.75) is 18.6 Å². The summed E-state index contributed by atoms with van der Waals surface area (Å²) in [6.07, 6.45) is 1.38. The van der Waals surface area contributed by atoms with Crippen LogP contribution < -0.4 is 4.90 Å². The number of hydrogen-bond donors (Lipinski definition) is 1. The van der Waals surface area contributed by atoms with Crippen molar-refractivity contribution >= 4 is 39.1 Å². The van der Waals surface area contributed by atoms with Gasteiger partial charge in [0.25, 0.3) is 0 Å². The van der Waals surface area contributed by atoms with Gasteiger partial charge in [0.15, 0.2) is 0 Å². The number of nitrogens with one attached hydrogen (secondary N) is 1. The highest BCUT2D eigenvalue weighted by molar-refractivity contribution is 6.05. The van der Waals surface area contributed by atoms with Crippen LogP contribution in [0.2, 0.25) is 0 Å². The van der Waals surface area contributed by atoms with E-state index in [1.165, 1.54) is 24.5 Å². The number of alkyl halides is 3. The highest BCUT2D eigenvalue weighted by Gasteiger charge is 2.44. The lowest BCUT2D eigenvalue weighted by atomic mass is 10.0. The van der Waals surface area contributed by atoms with Gasteiger partial charge in [-0.1, -0.05) is 42.5 Å². The van der Waals surface area contributed by atoms with Gasteiger partial charge >= 0.3 is 12.1 Å². The van der Waals surface area contributed by atoms with Crippen molar-refractivity contribution < 1.29 is 18.0 Å². The maximum atomic E-state index is 13.8. The zero-order valence-electron chi connectivity index (χ0n) is 21.2. The van der Waals surface area contributed by atoms with Crippen LogP contribution in [0, 0.1) is 11.3 Å². The van der Waals surface area contributed by atoms with Crippen LogP contribution in [0.4, 0.5) is 24.5 Å². The summed E-state index contributed by atoms with van der Waals surface area (Å²) in [5, 5.41) is 16.4. The fraction of sp³-hybridized carbons (Fsp3) is 0.100. The van der Waals surface area contributed by atoms with E-state index in [1.54, 1.807) is 59.7 Å². The van der Waals surface area contributed by atoms with Gasteiger partial charge in [0.05, 0.1) is 30.4 Å². The Morgan fingerprint density at radius 2 is 1.80 bits per heavy atom. The average molecular weight is 552 g/mol. The largest absolute Gasteiger partial charge is 0.472 e. The van der Waals surface area contributed by atoms with Crippen LogP contribution in [0.3, 0.4) is 0 Å². The number of anilines is 2. The van der Waals surface area contributed by atoms with Crippen molar-refractivity contribution in [1.82, 2.24) is 24.7 Å². The first-order valence-corrected chi connectivity index (χ1v) is 12.5. The summed E-state index contributed by atoms with van der Waals surface area (Å²) in [4.78, 5) is 25.0. The Bertz CT molecular complexity index is 1940. The molecule has 0 aliphatic rings. The van der Waals surface area contributed by atoms with Crippen LogP contribution in [0.25, 0.3) is 33.1 Å². The number of H-pyrrole nitrogens is 1. The quantitative estimate of drug-likeness (QED) is 0.248. The number of halogens is 3. The van der Waals surface area contributed by atoms with Crippen molar-refractivity contribution in [3.8, 4) is 17.3 Å². The van der Waals surface area contributed by atoms with Crippen LogP contribution in [-0.4, -0.2) is 36.8 Å². The second kappa shape index (κ2) is 10.2. The second-order valence-corrected chi connectivity index (χ2v) is 9.31. The lowest BCUT2D eigenvalue weighted by molar-refractivity contribution is -0.169. The fourth-order valence-corrected chi connectivity index (χ4v) is 4.88. The van der Waals surface area contributed by atoms with Gasteiger partial charge in [-0.3, -0.25) is 14.4 Å². The summed E-state index contributed by atoms with van der Waals surface area (Å²) in [5.41, 5.74) is 2.58. The summed E-state index contributed by atoms with van der Waals surface area (Å²) in [5.74, 6) is -2.03. The number of carbonyl (C=O) groups is 1. The van der Waals surface area contributed by atoms with Gasteiger partial charge in [0.1, 0.15) is 12.0 Å². The van der Waals surface area contributed by atoms with E-state index in [1.807, 2.05) is 18.2 Å². The number of aromatic amines is 1. The molecule has 0 aliphatic carbocycles. The third-order valence-electron chi connectivity index (χ3n) is 6.78. The number of carbonyl (C=O) groups excluding carboxylic acids is 1. The number of nitriles is 1. The molecule has 1 unspecified atom stereocenters. The molecule has 0 bridgehead atoms. The number of aromatic nitrogens is 5. The lowest BCUT2D eigenvalue weighted by Gasteiger charge is -2.26. The van der Waals surface area contributed by atoms with Crippen LogP contribution in [0.5, 0.6) is 0 Å². The van der Waals surface area contributed by atoms with Crippen LogP contribution in [0.15, 0.2) is 97.7 Å². The summed E-state index contributed by atoms with van der Waals surface area (Å²) in [6, 6.07) is 21.4. The first-order chi connectivity index (χ1) is 19.8. The van der Waals surface area contributed by atoms with Crippen molar-refractivity contribution in [1.29, 1.82) is 5.26 Å². The third-order valence-corrected chi connectivity index (χ3v) is 6.78. The summed E-state index contributed by atoms with van der Waals surface area (Å²) in [7, 11) is 0. The van der Waals surface area contributed by atoms with E-state index in [9.17, 15) is 23.2 Å². The Hall–Kier alpha value is -5.50. The molecule has 0 saturated heterocycles. The molecule has 3 heterocycles. The molecule has 0 spiro atoms. The van der Waals surface area contributed by atoms with Gasteiger partial charge in [-0.15, -0.1) is 0 Å². The SMILES string of the molecule is N#CCC(c1cccc(N(C(=O)C(F)(F)F)c2ccc3ccccc3c2)c1)n1cc(-c2ncnc3[nH]ccc23)cn1. The van der Waals surface area contributed by atoms with Gasteiger partial charge in [-0.05, 0) is 46.7 Å². The highest BCUT2D eigenvalue weighted by atomic mass is 19.4. The van der Waals surface area contributed by atoms with E-state index in [0.717, 1.165) is 10.8 Å². The molecule has 6 aromatic rings. The van der Waals surface area contributed by atoms with Crippen molar-refractivity contribution in [2.24, 2.45) is 0 Å². The minimum atomic E-state index is -5.12. The van der Waals surface area contributed by atoms with E-state index in [2.05, 4.69) is 26.1 Å². The monoisotopic (exact) mass is 551 g/mol. The number of amides is 1. The first kappa shape index (κ1) is 25.8. The molecular formula is C30H20F3N7O. The van der Waals surface area contributed by atoms with E-state index in [-0.39, 0.29) is 17.8 Å². The fourth-order valence-electron chi connectivity index (χ4n) is 4.88. The molecular weight excluding hydrogens is 531 g/mol. The molecule has 1 atom stereocenters. The van der Waals surface area contributed by atoms with Crippen LogP contribution >= 0.6 is 0 Å². The Labute approximate surface area is 231 Å². The van der Waals surface area contributed by atoms with E-state index in [4.69, 9.17) is 0 Å². The molecule has 6 rings (SSSR count). The standard InChI is InChI=1S/C30H20F3N7O/c31-30(32,33)29(41)40(24-9-8-19-4-1-2-5-20(19)14-24)23-7-3-6-21(15-23)26(10-12-34)39-17-22(16-38-39)27-25-11-13-35-28(25)37-18-36-27/h1-9,11,13-18,26H,10H2,(H,35,36,37). The van der Waals surface area contributed by atoms with Gasteiger partial charge in [0.2, 0.25) is 0 Å². The number of nitrogens with zero attached hydrogens (tertiary/aromatic N) is 6. The molecule has 3 aromatic carbocycles. The first-order valence-electron chi connectivity index (χ1n) is 12.5. The van der Waals surface area contributed by atoms with Crippen molar-refractivity contribution in [3.05, 3.63) is 103 Å². The maximum absolute atomic E-state index is 13.8. The second-order valence-electron chi connectivity index (χ2n) is 9.31. The Balaban J connectivity index is 1.42.